The van der Waals surface area contributed by atoms with Gasteiger partial charge in [0, 0.05) is 33.0 Å². The van der Waals surface area contributed by atoms with Crippen molar-refractivity contribution in [2.24, 2.45) is 5.10 Å². The molecule has 0 saturated heterocycles. The molecule has 0 aliphatic rings. The maximum atomic E-state index is 12.4. The largest absolute Gasteiger partial charge is 0.478 e. The van der Waals surface area contributed by atoms with E-state index in [2.05, 4.69) is 10.5 Å². The number of hydrazone groups is 1. The van der Waals surface area contributed by atoms with Gasteiger partial charge in [0.25, 0.3) is 0 Å². The minimum atomic E-state index is -1.10. The monoisotopic (exact) mass is 469 g/mol. The highest BCUT2D eigenvalue weighted by Gasteiger charge is 2.15. The molecule has 4 aromatic rings. The quantitative estimate of drug-likeness (QED) is 0.293. The van der Waals surface area contributed by atoms with Crippen molar-refractivity contribution in [1.82, 2.24) is 9.99 Å². The SMILES string of the molecule is Cc1cc(/C=N/NC(=O)c2cc3cc(Cl)ccc3o2)c(C)n1-c1ccc(Cl)c(C(=O)O)c1. The summed E-state index contributed by atoms with van der Waals surface area (Å²) in [5.41, 5.74) is 6.12. The first-order chi connectivity index (χ1) is 15.2. The molecule has 32 heavy (non-hydrogen) atoms. The normalized spacial score (nSPS) is 11.4. The van der Waals surface area contributed by atoms with Crippen molar-refractivity contribution in [1.29, 1.82) is 0 Å². The van der Waals surface area contributed by atoms with E-state index in [1.165, 1.54) is 12.3 Å². The molecule has 2 aromatic heterocycles. The molecular weight excluding hydrogens is 453 g/mol. The Balaban J connectivity index is 1.55. The number of carboxylic acid groups (broad SMARTS) is 1. The molecule has 4 rings (SSSR count). The van der Waals surface area contributed by atoms with Crippen molar-refractivity contribution in [3.63, 3.8) is 0 Å². The lowest BCUT2D eigenvalue weighted by atomic mass is 10.2. The van der Waals surface area contributed by atoms with Crippen molar-refractivity contribution in [3.8, 4) is 5.69 Å². The number of nitrogens with zero attached hydrogens (tertiary/aromatic N) is 2. The predicted molar refractivity (Wildman–Crippen MR) is 123 cm³/mol. The van der Waals surface area contributed by atoms with E-state index in [0.717, 1.165) is 22.3 Å². The van der Waals surface area contributed by atoms with Crippen molar-refractivity contribution in [3.05, 3.63) is 86.9 Å². The van der Waals surface area contributed by atoms with Gasteiger partial charge < -0.3 is 14.1 Å². The Labute approximate surface area is 192 Å². The number of aryl methyl sites for hydroxylation is 1. The van der Waals surface area contributed by atoms with Gasteiger partial charge in [-0.25, -0.2) is 10.2 Å². The van der Waals surface area contributed by atoms with Gasteiger partial charge in [-0.1, -0.05) is 23.2 Å². The van der Waals surface area contributed by atoms with E-state index < -0.39 is 11.9 Å². The highest BCUT2D eigenvalue weighted by atomic mass is 35.5. The summed E-state index contributed by atoms with van der Waals surface area (Å²) >= 11 is 11.9. The van der Waals surface area contributed by atoms with Crippen molar-refractivity contribution < 1.29 is 19.1 Å². The minimum absolute atomic E-state index is 0.0197. The number of furan rings is 1. The summed E-state index contributed by atoms with van der Waals surface area (Å²) < 4.78 is 7.41. The molecule has 0 saturated carbocycles. The van der Waals surface area contributed by atoms with E-state index in [1.807, 2.05) is 24.5 Å². The van der Waals surface area contributed by atoms with Crippen LogP contribution in [0.4, 0.5) is 0 Å². The first-order valence-electron chi connectivity index (χ1n) is 9.49. The Bertz CT molecular complexity index is 1400. The number of benzene rings is 2. The molecule has 9 heteroatoms. The molecule has 162 valence electrons. The number of fused-ring (bicyclic) bond motifs is 1. The van der Waals surface area contributed by atoms with E-state index in [0.29, 0.717) is 16.3 Å². The predicted octanol–water partition coefficient (Wildman–Crippen LogP) is 5.61. The molecule has 0 fully saturated rings. The molecule has 2 aromatic carbocycles. The van der Waals surface area contributed by atoms with Gasteiger partial charge in [0.1, 0.15) is 5.58 Å². The number of carbonyl (C=O) groups is 2. The Kier molecular flexibility index (Phi) is 5.78. The Morgan fingerprint density at radius 1 is 1.09 bits per heavy atom. The fourth-order valence-corrected chi connectivity index (χ4v) is 3.85. The van der Waals surface area contributed by atoms with Gasteiger partial charge in [0.05, 0.1) is 16.8 Å². The third-order valence-corrected chi connectivity index (χ3v) is 5.55. The summed E-state index contributed by atoms with van der Waals surface area (Å²) in [4.78, 5) is 23.8. The molecule has 0 aliphatic carbocycles. The van der Waals surface area contributed by atoms with Crippen LogP contribution >= 0.6 is 23.2 Å². The van der Waals surface area contributed by atoms with Gasteiger partial charge in [-0.05, 0) is 62.4 Å². The Morgan fingerprint density at radius 2 is 1.88 bits per heavy atom. The molecule has 0 atom stereocenters. The summed E-state index contributed by atoms with van der Waals surface area (Å²) in [6, 6.07) is 13.4. The van der Waals surface area contributed by atoms with Crippen molar-refractivity contribution in [2.75, 3.05) is 0 Å². The maximum absolute atomic E-state index is 12.4. The number of carbonyl (C=O) groups excluding carboxylic acids is 1. The number of nitrogens with one attached hydrogen (secondary N) is 1. The number of aromatic nitrogens is 1. The second-order valence-electron chi connectivity index (χ2n) is 7.12. The van der Waals surface area contributed by atoms with Gasteiger partial charge in [0.2, 0.25) is 0 Å². The molecular formula is C23H17Cl2N3O4. The van der Waals surface area contributed by atoms with Gasteiger partial charge in [-0.3, -0.25) is 4.79 Å². The third kappa shape index (κ3) is 4.12. The van der Waals surface area contributed by atoms with Crippen LogP contribution in [0, 0.1) is 13.8 Å². The van der Waals surface area contributed by atoms with Crippen LogP contribution in [0.15, 0.2) is 58.0 Å². The fourth-order valence-electron chi connectivity index (χ4n) is 3.47. The lowest BCUT2D eigenvalue weighted by Crippen LogP contribution is -2.16. The topological polar surface area (TPSA) is 96.8 Å². The summed E-state index contributed by atoms with van der Waals surface area (Å²) in [7, 11) is 0. The lowest BCUT2D eigenvalue weighted by molar-refractivity contribution is 0.0696. The van der Waals surface area contributed by atoms with Crippen LogP contribution in [0.2, 0.25) is 10.0 Å². The van der Waals surface area contributed by atoms with E-state index in [9.17, 15) is 14.7 Å². The van der Waals surface area contributed by atoms with E-state index in [-0.39, 0.29) is 16.3 Å². The van der Waals surface area contributed by atoms with Crippen LogP contribution in [-0.4, -0.2) is 27.8 Å². The molecule has 0 aliphatic heterocycles. The first-order valence-corrected chi connectivity index (χ1v) is 10.2. The molecule has 0 radical (unpaired) electrons. The molecule has 0 spiro atoms. The lowest BCUT2D eigenvalue weighted by Gasteiger charge is -2.11. The number of hydrogen-bond donors (Lipinski definition) is 2. The van der Waals surface area contributed by atoms with Gasteiger partial charge in [-0.15, -0.1) is 0 Å². The number of halogens is 2. The van der Waals surface area contributed by atoms with Crippen LogP contribution in [-0.2, 0) is 0 Å². The van der Waals surface area contributed by atoms with E-state index >= 15 is 0 Å². The molecule has 2 heterocycles. The average molecular weight is 470 g/mol. The minimum Gasteiger partial charge on any atom is -0.478 e. The second-order valence-corrected chi connectivity index (χ2v) is 7.97. The zero-order chi connectivity index (χ0) is 23.0. The maximum Gasteiger partial charge on any atom is 0.337 e. The summed E-state index contributed by atoms with van der Waals surface area (Å²) in [6.45, 7) is 3.76. The zero-order valence-corrected chi connectivity index (χ0v) is 18.5. The standard InChI is InChI=1S/C23H17Cl2N3O4/c1-12-7-15(13(2)28(12)17-4-5-19(25)18(10-17)23(30)31)11-26-27-22(29)21-9-14-8-16(24)3-6-20(14)32-21/h3-11H,1-2H3,(H,27,29)(H,30,31)/b26-11+. The van der Waals surface area contributed by atoms with E-state index in [1.54, 1.807) is 36.4 Å². The number of rotatable bonds is 5. The van der Waals surface area contributed by atoms with Gasteiger partial charge in [-0.2, -0.15) is 5.10 Å². The molecule has 0 unspecified atom stereocenters. The van der Waals surface area contributed by atoms with Gasteiger partial charge in [0.15, 0.2) is 5.76 Å². The highest BCUT2D eigenvalue weighted by Crippen LogP contribution is 2.25. The molecule has 1 amide bonds. The average Bonchev–Trinajstić information content (AvgIpc) is 3.28. The Morgan fingerprint density at radius 3 is 2.62 bits per heavy atom. The summed E-state index contributed by atoms with van der Waals surface area (Å²) in [5, 5.41) is 14.8. The van der Waals surface area contributed by atoms with Crippen molar-refractivity contribution in [2.45, 2.75) is 13.8 Å². The van der Waals surface area contributed by atoms with Crippen molar-refractivity contribution >= 4 is 52.3 Å². The fraction of sp³-hybridized carbons (Fsp3) is 0.0870. The number of hydrogen-bond acceptors (Lipinski definition) is 4. The second kappa shape index (κ2) is 8.53. The smallest absolute Gasteiger partial charge is 0.337 e. The third-order valence-electron chi connectivity index (χ3n) is 4.98. The van der Waals surface area contributed by atoms with Crippen LogP contribution in [0.25, 0.3) is 16.7 Å². The van der Waals surface area contributed by atoms with Crippen LogP contribution in [0.5, 0.6) is 0 Å². The number of amides is 1. The highest BCUT2D eigenvalue weighted by molar-refractivity contribution is 6.33. The molecule has 2 N–H and O–H groups in total. The number of carboxylic acids is 1. The molecule has 0 bridgehead atoms. The number of aromatic carboxylic acids is 1. The first kappa shape index (κ1) is 21.7. The van der Waals surface area contributed by atoms with Gasteiger partial charge >= 0.3 is 11.9 Å². The Hall–Kier alpha value is -3.55. The summed E-state index contributed by atoms with van der Waals surface area (Å²) in [5.74, 6) is -1.48. The van der Waals surface area contributed by atoms with Crippen LogP contribution < -0.4 is 5.43 Å². The van der Waals surface area contributed by atoms with Crippen LogP contribution in [0.3, 0.4) is 0 Å². The van der Waals surface area contributed by atoms with E-state index in [4.69, 9.17) is 27.6 Å². The van der Waals surface area contributed by atoms with Crippen LogP contribution in [0.1, 0.15) is 37.9 Å². The zero-order valence-electron chi connectivity index (χ0n) is 17.0. The summed E-state index contributed by atoms with van der Waals surface area (Å²) in [6.07, 6.45) is 1.52. The molecule has 7 nitrogen and oxygen atoms in total.